The van der Waals surface area contributed by atoms with Gasteiger partial charge in [0.25, 0.3) is 0 Å². The Morgan fingerprint density at radius 2 is 1.92 bits per heavy atom. The van der Waals surface area contributed by atoms with Crippen molar-refractivity contribution in [2.24, 2.45) is 0 Å². The Hall–Kier alpha value is -0.780. The van der Waals surface area contributed by atoms with Crippen LogP contribution in [0.3, 0.4) is 0 Å². The van der Waals surface area contributed by atoms with Crippen molar-refractivity contribution in [2.75, 3.05) is 0 Å². The molecule has 0 saturated heterocycles. The van der Waals surface area contributed by atoms with Crippen molar-refractivity contribution in [3.63, 3.8) is 0 Å². The van der Waals surface area contributed by atoms with Gasteiger partial charge >= 0.3 is 0 Å². The van der Waals surface area contributed by atoms with E-state index in [2.05, 4.69) is 51.2 Å². The first-order valence-electron chi connectivity index (χ1n) is 5.31. The highest BCUT2D eigenvalue weighted by molar-refractivity contribution is 5.18. The fraction of sp³-hybridized carbons (Fsp3) is 0.538. The van der Waals surface area contributed by atoms with Crippen molar-refractivity contribution in [1.82, 2.24) is 0 Å². The third-order valence-electron chi connectivity index (χ3n) is 1.94. The molecule has 0 rings (SSSR count). The summed E-state index contributed by atoms with van der Waals surface area (Å²) in [6.07, 6.45) is 15.7. The molecule has 0 aliphatic carbocycles. The Morgan fingerprint density at radius 1 is 1.15 bits per heavy atom. The third kappa shape index (κ3) is 7.58. The third-order valence-corrected chi connectivity index (χ3v) is 1.94. The summed E-state index contributed by atoms with van der Waals surface area (Å²) in [6, 6.07) is 0. The van der Waals surface area contributed by atoms with Crippen LogP contribution in [0.15, 0.2) is 36.0 Å². The van der Waals surface area contributed by atoms with E-state index in [0.717, 1.165) is 12.8 Å². The van der Waals surface area contributed by atoms with Gasteiger partial charge in [-0.15, -0.1) is 0 Å². The predicted molar refractivity (Wildman–Crippen MR) is 61.9 cm³/mol. The van der Waals surface area contributed by atoms with Gasteiger partial charge in [0.2, 0.25) is 0 Å². The molecule has 0 aliphatic rings. The number of rotatable bonds is 6. The van der Waals surface area contributed by atoms with E-state index in [1.165, 1.54) is 18.4 Å². The van der Waals surface area contributed by atoms with Gasteiger partial charge in [0.15, 0.2) is 0 Å². The zero-order valence-electron chi connectivity index (χ0n) is 9.22. The van der Waals surface area contributed by atoms with Gasteiger partial charge in [0.1, 0.15) is 0 Å². The molecule has 0 nitrogen and oxygen atoms in total. The minimum Gasteiger partial charge on any atom is -0.0914 e. The molecule has 74 valence electrons. The molecule has 0 N–H and O–H groups in total. The van der Waals surface area contributed by atoms with E-state index in [0.29, 0.717) is 0 Å². The topological polar surface area (TPSA) is 0 Å². The number of hydrogen-bond donors (Lipinski definition) is 0. The van der Waals surface area contributed by atoms with E-state index in [-0.39, 0.29) is 0 Å². The molecule has 0 unspecified atom stereocenters. The van der Waals surface area contributed by atoms with E-state index < -0.39 is 0 Å². The van der Waals surface area contributed by atoms with Gasteiger partial charge in [-0.25, -0.2) is 0 Å². The van der Waals surface area contributed by atoms with Gasteiger partial charge in [-0.3, -0.25) is 0 Å². The Labute approximate surface area is 83.0 Å². The van der Waals surface area contributed by atoms with Gasteiger partial charge in [-0.2, -0.15) is 0 Å². The first-order valence-corrected chi connectivity index (χ1v) is 5.31. The van der Waals surface area contributed by atoms with Crippen molar-refractivity contribution in [1.29, 1.82) is 0 Å². The maximum atomic E-state index is 2.34. The standard InChI is InChI=1S/C13H22/c1-4-7-9-10-12-13(6-3)11-8-5-2/h4,7,10-12H,5-6,8-9H2,1-3H3/b7-4+,12-10-,13-11-. The zero-order valence-corrected chi connectivity index (χ0v) is 9.22. The molecular formula is C13H22. The second-order valence-electron chi connectivity index (χ2n) is 3.13. The molecule has 0 spiro atoms. The van der Waals surface area contributed by atoms with Crippen LogP contribution in [-0.2, 0) is 0 Å². The molecule has 0 heteroatoms. The second-order valence-corrected chi connectivity index (χ2v) is 3.13. The lowest BCUT2D eigenvalue weighted by molar-refractivity contribution is 0.942. The van der Waals surface area contributed by atoms with Crippen LogP contribution >= 0.6 is 0 Å². The van der Waals surface area contributed by atoms with Crippen molar-refractivity contribution >= 4 is 0 Å². The summed E-state index contributed by atoms with van der Waals surface area (Å²) in [6.45, 7) is 6.48. The molecule has 0 atom stereocenters. The van der Waals surface area contributed by atoms with Crippen LogP contribution in [0.1, 0.15) is 46.5 Å². The molecule has 0 bridgehead atoms. The lowest BCUT2D eigenvalue weighted by atomic mass is 10.1. The molecule has 13 heavy (non-hydrogen) atoms. The molecule has 0 aliphatic heterocycles. The van der Waals surface area contributed by atoms with Crippen molar-refractivity contribution in [3.8, 4) is 0 Å². The van der Waals surface area contributed by atoms with E-state index in [9.17, 15) is 0 Å². The van der Waals surface area contributed by atoms with Crippen LogP contribution in [-0.4, -0.2) is 0 Å². The molecular weight excluding hydrogens is 156 g/mol. The Kier molecular flexibility index (Phi) is 8.75. The molecule has 0 radical (unpaired) electrons. The van der Waals surface area contributed by atoms with E-state index >= 15 is 0 Å². The Morgan fingerprint density at radius 3 is 2.46 bits per heavy atom. The second kappa shape index (κ2) is 9.31. The van der Waals surface area contributed by atoms with E-state index in [1.807, 2.05) is 0 Å². The van der Waals surface area contributed by atoms with Crippen LogP contribution < -0.4 is 0 Å². The summed E-state index contributed by atoms with van der Waals surface area (Å²) in [5, 5.41) is 0. The maximum absolute atomic E-state index is 2.34. The molecule has 0 amide bonds. The minimum atomic E-state index is 1.06. The predicted octanol–water partition coefficient (Wildman–Crippen LogP) is 4.65. The summed E-state index contributed by atoms with van der Waals surface area (Å²) in [4.78, 5) is 0. The lowest BCUT2D eigenvalue weighted by Gasteiger charge is -1.95. The van der Waals surface area contributed by atoms with Crippen molar-refractivity contribution < 1.29 is 0 Å². The molecule has 0 heterocycles. The van der Waals surface area contributed by atoms with Gasteiger partial charge in [0, 0.05) is 0 Å². The largest absolute Gasteiger partial charge is 0.0914 e. The van der Waals surface area contributed by atoms with Crippen LogP contribution in [0.5, 0.6) is 0 Å². The highest BCUT2D eigenvalue weighted by atomic mass is 13.9. The van der Waals surface area contributed by atoms with Crippen LogP contribution in [0.25, 0.3) is 0 Å². The van der Waals surface area contributed by atoms with Crippen molar-refractivity contribution in [2.45, 2.75) is 46.5 Å². The van der Waals surface area contributed by atoms with Gasteiger partial charge in [-0.05, 0) is 26.2 Å². The number of allylic oxidation sites excluding steroid dienone is 6. The average Bonchev–Trinajstić information content (AvgIpc) is 2.17. The summed E-state index contributed by atoms with van der Waals surface area (Å²) in [5.74, 6) is 0. The Balaban J connectivity index is 3.88. The number of hydrogen-bond acceptors (Lipinski definition) is 0. The quantitative estimate of drug-likeness (QED) is 0.410. The minimum absolute atomic E-state index is 1.06. The van der Waals surface area contributed by atoms with Gasteiger partial charge < -0.3 is 0 Å². The summed E-state index contributed by atoms with van der Waals surface area (Å²) >= 11 is 0. The highest BCUT2D eigenvalue weighted by Gasteiger charge is 1.85. The van der Waals surface area contributed by atoms with Gasteiger partial charge in [0.05, 0.1) is 0 Å². The zero-order chi connectivity index (χ0) is 9.94. The maximum Gasteiger partial charge on any atom is -0.0166 e. The first kappa shape index (κ1) is 12.2. The number of unbranched alkanes of at least 4 members (excludes halogenated alkanes) is 1. The smallest absolute Gasteiger partial charge is 0.0166 e. The molecule has 0 fully saturated rings. The molecule has 0 aromatic carbocycles. The van der Waals surface area contributed by atoms with Crippen LogP contribution in [0.4, 0.5) is 0 Å². The van der Waals surface area contributed by atoms with Crippen molar-refractivity contribution in [3.05, 3.63) is 36.0 Å². The first-order chi connectivity index (χ1) is 6.35. The van der Waals surface area contributed by atoms with Crippen LogP contribution in [0.2, 0.25) is 0 Å². The highest BCUT2D eigenvalue weighted by Crippen LogP contribution is 2.06. The fourth-order valence-corrected chi connectivity index (χ4v) is 1.09. The summed E-state index contributed by atoms with van der Waals surface area (Å²) < 4.78 is 0. The monoisotopic (exact) mass is 178 g/mol. The Bertz CT molecular complexity index is 182. The molecule has 0 aromatic rings. The summed E-state index contributed by atoms with van der Waals surface area (Å²) in [5.41, 5.74) is 1.46. The summed E-state index contributed by atoms with van der Waals surface area (Å²) in [7, 11) is 0. The SMILES string of the molecule is C/C=C/C/C=C\C(=C/CCC)CC. The van der Waals surface area contributed by atoms with E-state index in [1.54, 1.807) is 0 Å². The van der Waals surface area contributed by atoms with Crippen LogP contribution in [0, 0.1) is 0 Å². The normalized spacial score (nSPS) is 13.3. The fourth-order valence-electron chi connectivity index (χ4n) is 1.09. The van der Waals surface area contributed by atoms with E-state index in [4.69, 9.17) is 0 Å². The lowest BCUT2D eigenvalue weighted by Crippen LogP contribution is -1.75. The molecule has 0 saturated carbocycles. The molecule has 0 aromatic heterocycles. The average molecular weight is 178 g/mol. The van der Waals surface area contributed by atoms with Gasteiger partial charge in [-0.1, -0.05) is 56.2 Å².